The molecule has 2 atom stereocenters. The molecule has 2 aliphatic rings. The lowest BCUT2D eigenvalue weighted by Crippen LogP contribution is -2.32. The highest BCUT2D eigenvalue weighted by Crippen LogP contribution is 2.42. The van der Waals surface area contributed by atoms with Crippen LogP contribution in [0.25, 0.3) is 0 Å². The molecule has 1 aliphatic heterocycles. The number of fused-ring (bicyclic) bond motifs is 1. The Bertz CT molecular complexity index is 524. The Kier molecular flexibility index (Phi) is 2.73. The van der Waals surface area contributed by atoms with Crippen molar-refractivity contribution >= 4 is 33.4 Å². The van der Waals surface area contributed by atoms with Crippen molar-refractivity contribution in [2.75, 3.05) is 4.90 Å². The quantitative estimate of drug-likeness (QED) is 0.748. The van der Waals surface area contributed by atoms with Crippen LogP contribution in [-0.2, 0) is 9.59 Å². The molecule has 1 aromatic carbocycles. The van der Waals surface area contributed by atoms with E-state index in [4.69, 9.17) is 0 Å². The van der Waals surface area contributed by atoms with Crippen LogP contribution in [0.4, 0.5) is 10.1 Å². The van der Waals surface area contributed by atoms with Gasteiger partial charge in [-0.3, -0.25) is 9.59 Å². The first kappa shape index (κ1) is 11.8. The summed E-state index contributed by atoms with van der Waals surface area (Å²) < 4.78 is 14.4. The van der Waals surface area contributed by atoms with E-state index < -0.39 is 5.82 Å². The fourth-order valence-corrected chi connectivity index (χ4v) is 3.22. The minimum atomic E-state index is -0.550. The van der Waals surface area contributed by atoms with Crippen LogP contribution >= 0.6 is 15.9 Å². The van der Waals surface area contributed by atoms with E-state index in [0.29, 0.717) is 4.47 Å². The first-order chi connectivity index (χ1) is 8.59. The normalized spacial score (nSPS) is 26.9. The number of halogens is 2. The number of hydrogen-bond donors (Lipinski definition) is 0. The second-order valence-corrected chi connectivity index (χ2v) is 5.67. The third-order valence-corrected chi connectivity index (χ3v) is 4.24. The standard InChI is InChI=1S/C13H11BrFNO2/c14-7-4-5-11(10(15)6-7)16-12(17)8-2-1-3-9(8)13(16)18/h4-6,8-9H,1-3H2. The van der Waals surface area contributed by atoms with Gasteiger partial charge in [-0.05, 0) is 31.0 Å². The van der Waals surface area contributed by atoms with Crippen LogP contribution in [0.3, 0.4) is 0 Å². The fraction of sp³-hybridized carbons (Fsp3) is 0.385. The maximum atomic E-state index is 13.8. The molecule has 3 nitrogen and oxygen atoms in total. The van der Waals surface area contributed by atoms with Gasteiger partial charge in [0.1, 0.15) is 5.82 Å². The molecule has 0 aromatic heterocycles. The van der Waals surface area contributed by atoms with Crippen LogP contribution in [0.5, 0.6) is 0 Å². The number of nitrogens with zero attached hydrogens (tertiary/aromatic N) is 1. The molecule has 2 amide bonds. The fourth-order valence-electron chi connectivity index (χ4n) is 2.89. The van der Waals surface area contributed by atoms with Gasteiger partial charge >= 0.3 is 0 Å². The average Bonchev–Trinajstić information content (AvgIpc) is 2.87. The van der Waals surface area contributed by atoms with Crippen molar-refractivity contribution in [2.24, 2.45) is 11.8 Å². The molecule has 2 unspecified atom stereocenters. The number of hydrogen-bond acceptors (Lipinski definition) is 2. The van der Waals surface area contributed by atoms with E-state index in [2.05, 4.69) is 15.9 Å². The Morgan fingerprint density at radius 1 is 1.17 bits per heavy atom. The number of imide groups is 1. The van der Waals surface area contributed by atoms with Gasteiger partial charge in [-0.15, -0.1) is 0 Å². The Balaban J connectivity index is 2.02. The Labute approximate surface area is 112 Å². The molecule has 94 valence electrons. The zero-order valence-electron chi connectivity index (χ0n) is 9.53. The highest BCUT2D eigenvalue weighted by molar-refractivity contribution is 9.10. The summed E-state index contributed by atoms with van der Waals surface area (Å²) in [5.41, 5.74) is 0.0719. The number of rotatable bonds is 1. The minimum Gasteiger partial charge on any atom is -0.274 e. The number of carbonyl (C=O) groups excluding carboxylic acids is 2. The second-order valence-electron chi connectivity index (χ2n) is 4.75. The maximum Gasteiger partial charge on any atom is 0.237 e. The van der Waals surface area contributed by atoms with Gasteiger partial charge in [-0.2, -0.15) is 0 Å². The molecular weight excluding hydrogens is 301 g/mol. The van der Waals surface area contributed by atoms with E-state index in [-0.39, 0.29) is 29.3 Å². The van der Waals surface area contributed by atoms with Gasteiger partial charge in [0, 0.05) is 4.47 Å². The predicted molar refractivity (Wildman–Crippen MR) is 67.4 cm³/mol. The Hall–Kier alpha value is -1.23. The van der Waals surface area contributed by atoms with Crippen molar-refractivity contribution < 1.29 is 14.0 Å². The van der Waals surface area contributed by atoms with Crippen molar-refractivity contribution in [3.05, 3.63) is 28.5 Å². The van der Waals surface area contributed by atoms with E-state index >= 15 is 0 Å². The molecule has 0 spiro atoms. The zero-order chi connectivity index (χ0) is 12.9. The molecule has 1 aromatic rings. The summed E-state index contributed by atoms with van der Waals surface area (Å²) >= 11 is 3.16. The molecule has 0 N–H and O–H groups in total. The smallest absolute Gasteiger partial charge is 0.237 e. The molecule has 1 heterocycles. The number of benzene rings is 1. The van der Waals surface area contributed by atoms with Crippen LogP contribution in [0.1, 0.15) is 19.3 Å². The molecule has 1 saturated carbocycles. The molecule has 5 heteroatoms. The van der Waals surface area contributed by atoms with Gasteiger partial charge in [-0.25, -0.2) is 9.29 Å². The van der Waals surface area contributed by atoms with Crippen LogP contribution in [-0.4, -0.2) is 11.8 Å². The first-order valence-electron chi connectivity index (χ1n) is 5.92. The van der Waals surface area contributed by atoms with Crippen molar-refractivity contribution in [1.82, 2.24) is 0 Å². The summed E-state index contributed by atoms with van der Waals surface area (Å²) in [4.78, 5) is 25.3. The van der Waals surface area contributed by atoms with Crippen LogP contribution in [0.15, 0.2) is 22.7 Å². The van der Waals surface area contributed by atoms with Crippen LogP contribution in [0, 0.1) is 17.7 Å². The highest BCUT2D eigenvalue weighted by Gasteiger charge is 2.50. The summed E-state index contributed by atoms with van der Waals surface area (Å²) in [5, 5.41) is 0. The molecule has 0 bridgehead atoms. The third-order valence-electron chi connectivity index (χ3n) is 3.74. The molecule has 1 saturated heterocycles. The van der Waals surface area contributed by atoms with Gasteiger partial charge in [-0.1, -0.05) is 22.4 Å². The second kappa shape index (κ2) is 4.16. The summed E-state index contributed by atoms with van der Waals surface area (Å²) in [7, 11) is 0. The van der Waals surface area contributed by atoms with E-state index in [1.54, 1.807) is 6.07 Å². The van der Waals surface area contributed by atoms with Crippen molar-refractivity contribution in [3.8, 4) is 0 Å². The van der Waals surface area contributed by atoms with E-state index in [0.717, 1.165) is 24.2 Å². The van der Waals surface area contributed by atoms with Crippen molar-refractivity contribution in [2.45, 2.75) is 19.3 Å². The minimum absolute atomic E-state index is 0.0719. The van der Waals surface area contributed by atoms with Gasteiger partial charge in [0.25, 0.3) is 0 Å². The van der Waals surface area contributed by atoms with Gasteiger partial charge in [0.05, 0.1) is 17.5 Å². The average molecular weight is 312 g/mol. The molecule has 3 rings (SSSR count). The number of carbonyl (C=O) groups is 2. The third kappa shape index (κ3) is 1.61. The number of anilines is 1. The Morgan fingerprint density at radius 3 is 2.33 bits per heavy atom. The maximum absolute atomic E-state index is 13.8. The molecular formula is C13H11BrFNO2. The summed E-state index contributed by atoms with van der Waals surface area (Å²) in [6, 6.07) is 4.37. The summed E-state index contributed by atoms with van der Waals surface area (Å²) in [6.45, 7) is 0. The van der Waals surface area contributed by atoms with Gasteiger partial charge in [0.2, 0.25) is 11.8 Å². The van der Waals surface area contributed by atoms with Crippen molar-refractivity contribution in [3.63, 3.8) is 0 Å². The lowest BCUT2D eigenvalue weighted by molar-refractivity contribution is -0.122. The summed E-state index contributed by atoms with van der Waals surface area (Å²) in [5.74, 6) is -1.51. The van der Waals surface area contributed by atoms with Crippen molar-refractivity contribution in [1.29, 1.82) is 0 Å². The summed E-state index contributed by atoms with van der Waals surface area (Å²) in [6.07, 6.45) is 2.39. The number of amides is 2. The molecule has 2 fully saturated rings. The largest absolute Gasteiger partial charge is 0.274 e. The lowest BCUT2D eigenvalue weighted by atomic mass is 10.00. The van der Waals surface area contributed by atoms with Gasteiger partial charge < -0.3 is 0 Å². The monoisotopic (exact) mass is 311 g/mol. The Morgan fingerprint density at radius 2 is 1.78 bits per heavy atom. The SMILES string of the molecule is O=C1C2CCCC2C(=O)N1c1ccc(Br)cc1F. The lowest BCUT2D eigenvalue weighted by Gasteiger charge is -2.16. The van der Waals surface area contributed by atoms with E-state index in [1.807, 2.05) is 0 Å². The van der Waals surface area contributed by atoms with Gasteiger partial charge in [0.15, 0.2) is 0 Å². The van der Waals surface area contributed by atoms with E-state index in [9.17, 15) is 14.0 Å². The van der Waals surface area contributed by atoms with Crippen LogP contribution < -0.4 is 4.90 Å². The first-order valence-corrected chi connectivity index (χ1v) is 6.72. The topological polar surface area (TPSA) is 37.4 Å². The van der Waals surface area contributed by atoms with E-state index in [1.165, 1.54) is 12.1 Å². The zero-order valence-corrected chi connectivity index (χ0v) is 11.1. The molecule has 1 aliphatic carbocycles. The highest BCUT2D eigenvalue weighted by atomic mass is 79.9. The molecule has 18 heavy (non-hydrogen) atoms. The molecule has 0 radical (unpaired) electrons. The van der Waals surface area contributed by atoms with Crippen LogP contribution in [0.2, 0.25) is 0 Å². The predicted octanol–water partition coefficient (Wildman–Crippen LogP) is 2.88.